The Balaban J connectivity index is 2.50. The van der Waals surface area contributed by atoms with E-state index in [4.69, 9.17) is 11.5 Å². The van der Waals surface area contributed by atoms with Crippen LogP contribution in [0, 0.1) is 5.41 Å². The van der Waals surface area contributed by atoms with Gasteiger partial charge in [0.1, 0.15) is 0 Å². The molecule has 0 spiro atoms. The third kappa shape index (κ3) is 2.19. The van der Waals surface area contributed by atoms with Crippen LogP contribution in [0.4, 0.5) is 0 Å². The second-order valence-corrected chi connectivity index (χ2v) is 3.91. The van der Waals surface area contributed by atoms with E-state index in [1.165, 1.54) is 0 Å². The van der Waals surface area contributed by atoms with Crippen LogP contribution < -0.4 is 11.5 Å². The fourth-order valence-corrected chi connectivity index (χ4v) is 1.79. The van der Waals surface area contributed by atoms with E-state index in [1.807, 2.05) is 4.90 Å². The number of carbonyl (C=O) groups excluding carboxylic acids is 1. The number of carbonyl (C=O) groups is 1. The van der Waals surface area contributed by atoms with Crippen molar-refractivity contribution in [1.82, 2.24) is 4.90 Å². The Kier molecular flexibility index (Phi) is 3.27. The van der Waals surface area contributed by atoms with Crippen LogP contribution >= 0.6 is 0 Å². The molecule has 4 nitrogen and oxygen atoms in total. The molecule has 0 unspecified atom stereocenters. The van der Waals surface area contributed by atoms with Crippen molar-refractivity contribution >= 4 is 5.91 Å². The fourth-order valence-electron chi connectivity index (χ4n) is 1.79. The molecule has 0 radical (unpaired) electrons. The summed E-state index contributed by atoms with van der Waals surface area (Å²) < 4.78 is 0. The van der Waals surface area contributed by atoms with E-state index in [2.05, 4.69) is 0 Å². The highest BCUT2D eigenvalue weighted by Crippen LogP contribution is 2.28. The van der Waals surface area contributed by atoms with Crippen LogP contribution in [0.3, 0.4) is 0 Å². The summed E-state index contributed by atoms with van der Waals surface area (Å²) in [6.07, 6.45) is 1.89. The maximum absolute atomic E-state index is 11.0. The Morgan fingerprint density at radius 1 is 1.31 bits per heavy atom. The molecule has 0 aromatic heterocycles. The van der Waals surface area contributed by atoms with E-state index in [-0.39, 0.29) is 11.3 Å². The molecular formula is C9H19N3O. The first-order valence-electron chi connectivity index (χ1n) is 4.79. The highest BCUT2D eigenvalue weighted by atomic mass is 16.2. The van der Waals surface area contributed by atoms with Crippen molar-refractivity contribution in [2.45, 2.75) is 19.8 Å². The highest BCUT2D eigenvalue weighted by Gasteiger charge is 2.32. The monoisotopic (exact) mass is 185 g/mol. The summed E-state index contributed by atoms with van der Waals surface area (Å²) in [7, 11) is 0. The summed E-state index contributed by atoms with van der Waals surface area (Å²) in [6.45, 7) is 4.50. The molecule has 1 aliphatic heterocycles. The number of likely N-dealkylation sites (tertiary alicyclic amines) is 1. The molecule has 0 aliphatic carbocycles. The van der Waals surface area contributed by atoms with Crippen LogP contribution in [0.15, 0.2) is 0 Å². The summed E-state index contributed by atoms with van der Waals surface area (Å²) in [4.78, 5) is 12.9. The Hall–Kier alpha value is -0.610. The summed E-state index contributed by atoms with van der Waals surface area (Å²) in [5.41, 5.74) is 11.5. The van der Waals surface area contributed by atoms with Crippen molar-refractivity contribution in [2.75, 3.05) is 26.2 Å². The summed E-state index contributed by atoms with van der Waals surface area (Å²) in [5.74, 6) is 0.155. The zero-order valence-corrected chi connectivity index (χ0v) is 8.25. The topological polar surface area (TPSA) is 72.3 Å². The molecule has 1 heterocycles. The largest absolute Gasteiger partial charge is 0.343 e. The van der Waals surface area contributed by atoms with Gasteiger partial charge >= 0.3 is 0 Å². The predicted octanol–water partition coefficient (Wildman–Crippen LogP) is -0.467. The molecular weight excluding hydrogens is 166 g/mol. The molecule has 0 aromatic rings. The van der Waals surface area contributed by atoms with Crippen LogP contribution in [0.2, 0.25) is 0 Å². The Bertz CT molecular complexity index is 179. The first-order chi connectivity index (χ1) is 6.13. The van der Waals surface area contributed by atoms with Crippen molar-refractivity contribution < 1.29 is 4.79 Å². The Labute approximate surface area is 79.3 Å². The second kappa shape index (κ2) is 4.07. The standard InChI is InChI=1S/C9H19N3O/c1-8(13)12-4-2-9(6-10,7-11)3-5-12/h2-7,10-11H2,1H3. The zero-order chi connectivity index (χ0) is 9.90. The number of hydrogen-bond acceptors (Lipinski definition) is 3. The van der Waals surface area contributed by atoms with Crippen LogP contribution in [-0.4, -0.2) is 37.0 Å². The second-order valence-electron chi connectivity index (χ2n) is 3.91. The molecule has 76 valence electrons. The molecule has 0 atom stereocenters. The average molecular weight is 185 g/mol. The Morgan fingerprint density at radius 2 is 1.77 bits per heavy atom. The molecule has 0 saturated carbocycles. The fraction of sp³-hybridized carbons (Fsp3) is 0.889. The SMILES string of the molecule is CC(=O)N1CCC(CN)(CN)CC1. The molecule has 1 amide bonds. The lowest BCUT2D eigenvalue weighted by atomic mass is 9.78. The van der Waals surface area contributed by atoms with Gasteiger partial charge in [0, 0.05) is 20.0 Å². The lowest BCUT2D eigenvalue weighted by molar-refractivity contribution is -0.130. The highest BCUT2D eigenvalue weighted by molar-refractivity contribution is 5.73. The van der Waals surface area contributed by atoms with Crippen LogP contribution in [0.25, 0.3) is 0 Å². The van der Waals surface area contributed by atoms with Crippen molar-refractivity contribution in [2.24, 2.45) is 16.9 Å². The minimum atomic E-state index is 0.0892. The van der Waals surface area contributed by atoms with Gasteiger partial charge in [0.05, 0.1) is 0 Å². The van der Waals surface area contributed by atoms with Crippen molar-refractivity contribution in [3.05, 3.63) is 0 Å². The van der Waals surface area contributed by atoms with E-state index in [0.29, 0.717) is 13.1 Å². The summed E-state index contributed by atoms with van der Waals surface area (Å²) in [6, 6.07) is 0. The molecule has 1 rings (SSSR count). The van der Waals surface area contributed by atoms with E-state index < -0.39 is 0 Å². The first-order valence-corrected chi connectivity index (χ1v) is 4.79. The Morgan fingerprint density at radius 3 is 2.08 bits per heavy atom. The smallest absolute Gasteiger partial charge is 0.219 e. The number of piperidine rings is 1. The maximum atomic E-state index is 11.0. The molecule has 1 saturated heterocycles. The number of hydrogen-bond donors (Lipinski definition) is 2. The van der Waals surface area contributed by atoms with Gasteiger partial charge in [-0.05, 0) is 31.3 Å². The minimum Gasteiger partial charge on any atom is -0.343 e. The van der Waals surface area contributed by atoms with Crippen LogP contribution in [0.5, 0.6) is 0 Å². The number of amides is 1. The van der Waals surface area contributed by atoms with Gasteiger partial charge in [0.2, 0.25) is 5.91 Å². The predicted molar refractivity (Wildman–Crippen MR) is 52.0 cm³/mol. The summed E-state index contributed by atoms with van der Waals surface area (Å²) >= 11 is 0. The number of nitrogens with two attached hydrogens (primary N) is 2. The number of nitrogens with zero attached hydrogens (tertiary/aromatic N) is 1. The van der Waals surface area contributed by atoms with E-state index in [1.54, 1.807) is 6.92 Å². The van der Waals surface area contributed by atoms with Crippen molar-refractivity contribution in [3.63, 3.8) is 0 Å². The molecule has 1 aliphatic rings. The number of rotatable bonds is 2. The van der Waals surface area contributed by atoms with E-state index in [9.17, 15) is 4.79 Å². The zero-order valence-electron chi connectivity index (χ0n) is 8.25. The van der Waals surface area contributed by atoms with Crippen LogP contribution in [-0.2, 0) is 4.79 Å². The normalized spacial score (nSPS) is 21.6. The molecule has 1 fully saturated rings. The van der Waals surface area contributed by atoms with E-state index >= 15 is 0 Å². The molecule has 4 heteroatoms. The van der Waals surface area contributed by atoms with Gasteiger partial charge in [0.15, 0.2) is 0 Å². The average Bonchev–Trinajstić information content (AvgIpc) is 2.18. The molecule has 13 heavy (non-hydrogen) atoms. The van der Waals surface area contributed by atoms with Gasteiger partial charge in [0.25, 0.3) is 0 Å². The van der Waals surface area contributed by atoms with Gasteiger partial charge in [-0.1, -0.05) is 0 Å². The lowest BCUT2D eigenvalue weighted by Gasteiger charge is -2.40. The summed E-state index contributed by atoms with van der Waals surface area (Å²) in [5, 5.41) is 0. The van der Waals surface area contributed by atoms with Gasteiger partial charge in [-0.3, -0.25) is 4.79 Å². The van der Waals surface area contributed by atoms with Crippen LogP contribution in [0.1, 0.15) is 19.8 Å². The first kappa shape index (κ1) is 10.5. The maximum Gasteiger partial charge on any atom is 0.219 e. The van der Waals surface area contributed by atoms with Gasteiger partial charge < -0.3 is 16.4 Å². The third-order valence-electron chi connectivity index (χ3n) is 3.14. The van der Waals surface area contributed by atoms with E-state index in [0.717, 1.165) is 25.9 Å². The molecule has 0 aromatic carbocycles. The van der Waals surface area contributed by atoms with Gasteiger partial charge in [-0.25, -0.2) is 0 Å². The van der Waals surface area contributed by atoms with Gasteiger partial charge in [-0.15, -0.1) is 0 Å². The molecule has 4 N–H and O–H groups in total. The van der Waals surface area contributed by atoms with Gasteiger partial charge in [-0.2, -0.15) is 0 Å². The quantitative estimate of drug-likeness (QED) is 0.611. The molecule has 0 bridgehead atoms. The lowest BCUT2D eigenvalue weighted by Crippen LogP contribution is -2.48. The van der Waals surface area contributed by atoms with Crippen molar-refractivity contribution in [1.29, 1.82) is 0 Å². The minimum absolute atomic E-state index is 0.0892. The third-order valence-corrected chi connectivity index (χ3v) is 3.14. The van der Waals surface area contributed by atoms with Crippen molar-refractivity contribution in [3.8, 4) is 0 Å².